The van der Waals surface area contributed by atoms with Crippen molar-refractivity contribution in [1.29, 1.82) is 5.26 Å². The van der Waals surface area contributed by atoms with Gasteiger partial charge >= 0.3 is 5.69 Å². The predicted octanol–water partition coefficient (Wildman–Crippen LogP) is 6.15. The van der Waals surface area contributed by atoms with E-state index in [0.29, 0.717) is 16.9 Å². The predicted molar refractivity (Wildman–Crippen MR) is 121 cm³/mol. The third-order valence-electron chi connectivity index (χ3n) is 4.83. The number of nitrogens with zero attached hydrogens (tertiary/aromatic N) is 3. The molecule has 3 aromatic carbocycles. The van der Waals surface area contributed by atoms with Crippen LogP contribution in [0.15, 0.2) is 88.3 Å². The molecular weight excluding hydrogens is 406 g/mol. The number of methoxy groups -OCH3 is 1. The number of nitriles is 1. The molecule has 1 heterocycles. The highest BCUT2D eigenvalue weighted by Gasteiger charge is 2.22. The monoisotopic (exact) mass is 423 g/mol. The summed E-state index contributed by atoms with van der Waals surface area (Å²) in [4.78, 5) is 15.1. The molecule has 156 valence electrons. The van der Waals surface area contributed by atoms with Crippen LogP contribution >= 0.6 is 0 Å². The Kier molecular flexibility index (Phi) is 5.77. The number of furan rings is 1. The molecule has 0 bridgehead atoms. The van der Waals surface area contributed by atoms with Gasteiger partial charge in [0.05, 0.1) is 12.0 Å². The van der Waals surface area contributed by atoms with Crippen LogP contribution in [0.25, 0.3) is 22.5 Å². The first-order valence-electron chi connectivity index (χ1n) is 9.66. The molecule has 0 N–H and O–H groups in total. The smallest absolute Gasteiger partial charge is 0.311 e. The van der Waals surface area contributed by atoms with Gasteiger partial charge in [0.15, 0.2) is 5.75 Å². The van der Waals surface area contributed by atoms with Gasteiger partial charge in [-0.3, -0.25) is 10.1 Å². The van der Waals surface area contributed by atoms with Crippen molar-refractivity contribution in [3.8, 4) is 34.3 Å². The molecular formula is C25H17N3O4. The Labute approximate surface area is 184 Å². The van der Waals surface area contributed by atoms with Gasteiger partial charge in [-0.05, 0) is 23.3 Å². The molecule has 0 saturated heterocycles. The topological polar surface area (TPSA) is 102 Å². The van der Waals surface area contributed by atoms with Gasteiger partial charge in [0, 0.05) is 23.4 Å². The zero-order valence-electron chi connectivity index (χ0n) is 17.1. The van der Waals surface area contributed by atoms with Crippen LogP contribution in [0.3, 0.4) is 0 Å². The molecule has 0 aliphatic carbocycles. The van der Waals surface area contributed by atoms with Gasteiger partial charge < -0.3 is 9.15 Å². The number of hydrogen-bond donors (Lipinski definition) is 0. The molecule has 4 aromatic rings. The van der Waals surface area contributed by atoms with E-state index in [1.165, 1.54) is 25.5 Å². The van der Waals surface area contributed by atoms with Gasteiger partial charge in [-0.1, -0.05) is 60.7 Å². The summed E-state index contributed by atoms with van der Waals surface area (Å²) in [6.45, 7) is 0. The van der Waals surface area contributed by atoms with E-state index >= 15 is 0 Å². The highest BCUT2D eigenvalue weighted by atomic mass is 16.6. The Hall–Kier alpha value is -4.70. The molecule has 0 aliphatic rings. The molecule has 32 heavy (non-hydrogen) atoms. The summed E-state index contributed by atoms with van der Waals surface area (Å²) in [6.07, 6.45) is 1.43. The Morgan fingerprint density at radius 1 is 1.03 bits per heavy atom. The number of rotatable bonds is 6. The standard InChI is InChI=1S/C25H17N3O4/c1-31-22-13-12-17(14-21(22)28(29)30)16-27-25-20(15-26)23(18-8-4-2-5-9-18)24(32-25)19-10-6-3-7-11-19/h2-14,16H,1H3/b27-16+. The Morgan fingerprint density at radius 3 is 2.28 bits per heavy atom. The number of nitro groups is 1. The molecule has 7 heteroatoms. The van der Waals surface area contributed by atoms with E-state index in [0.717, 1.165) is 11.1 Å². The molecule has 0 amide bonds. The third kappa shape index (κ3) is 3.98. The van der Waals surface area contributed by atoms with E-state index in [1.54, 1.807) is 6.07 Å². The minimum absolute atomic E-state index is 0.128. The lowest BCUT2D eigenvalue weighted by Crippen LogP contribution is -1.95. The van der Waals surface area contributed by atoms with Crippen LogP contribution in [0.2, 0.25) is 0 Å². The van der Waals surface area contributed by atoms with Crippen LogP contribution in [-0.2, 0) is 0 Å². The third-order valence-corrected chi connectivity index (χ3v) is 4.83. The molecule has 0 unspecified atom stereocenters. The van der Waals surface area contributed by atoms with Gasteiger partial charge in [0.2, 0.25) is 5.88 Å². The first-order chi connectivity index (χ1) is 15.6. The molecule has 0 atom stereocenters. The molecule has 0 radical (unpaired) electrons. The summed E-state index contributed by atoms with van der Waals surface area (Å²) in [5.41, 5.74) is 2.87. The van der Waals surface area contributed by atoms with E-state index in [2.05, 4.69) is 11.1 Å². The average molecular weight is 423 g/mol. The van der Waals surface area contributed by atoms with E-state index in [4.69, 9.17) is 9.15 Å². The first kappa shape index (κ1) is 20.6. The molecule has 0 fully saturated rings. The van der Waals surface area contributed by atoms with Crippen molar-refractivity contribution in [2.75, 3.05) is 7.11 Å². The zero-order chi connectivity index (χ0) is 22.5. The lowest BCUT2D eigenvalue weighted by Gasteiger charge is -2.03. The van der Waals surface area contributed by atoms with Crippen LogP contribution in [0, 0.1) is 21.4 Å². The van der Waals surface area contributed by atoms with Crippen LogP contribution in [0.1, 0.15) is 11.1 Å². The second-order valence-corrected chi connectivity index (χ2v) is 6.78. The van der Waals surface area contributed by atoms with Gasteiger partial charge in [-0.25, -0.2) is 4.99 Å². The lowest BCUT2D eigenvalue weighted by molar-refractivity contribution is -0.385. The highest BCUT2D eigenvalue weighted by molar-refractivity contribution is 5.90. The Bertz CT molecular complexity index is 1340. The van der Waals surface area contributed by atoms with Crippen molar-refractivity contribution in [3.63, 3.8) is 0 Å². The SMILES string of the molecule is COc1ccc(/C=N/c2oc(-c3ccccc3)c(-c3ccccc3)c2C#N)cc1[N+](=O)[O-]. The minimum atomic E-state index is -0.523. The van der Waals surface area contributed by atoms with Gasteiger partial charge in [0.1, 0.15) is 17.4 Å². The fourth-order valence-corrected chi connectivity index (χ4v) is 3.35. The number of aliphatic imine (C=N–C) groups is 1. The Balaban J connectivity index is 1.84. The van der Waals surface area contributed by atoms with Crippen molar-refractivity contribution in [1.82, 2.24) is 0 Å². The highest BCUT2D eigenvalue weighted by Crippen LogP contribution is 2.42. The van der Waals surface area contributed by atoms with Crippen molar-refractivity contribution in [2.45, 2.75) is 0 Å². The summed E-state index contributed by atoms with van der Waals surface area (Å²) in [6, 6.07) is 25.6. The van der Waals surface area contributed by atoms with E-state index < -0.39 is 4.92 Å². The van der Waals surface area contributed by atoms with Crippen LogP contribution < -0.4 is 4.74 Å². The maximum Gasteiger partial charge on any atom is 0.311 e. The van der Waals surface area contributed by atoms with Crippen molar-refractivity contribution in [3.05, 3.63) is 100 Å². The summed E-state index contributed by atoms with van der Waals surface area (Å²) in [7, 11) is 1.37. The molecule has 0 saturated carbocycles. The second-order valence-electron chi connectivity index (χ2n) is 6.78. The van der Waals surface area contributed by atoms with Crippen molar-refractivity contribution >= 4 is 17.8 Å². The van der Waals surface area contributed by atoms with Crippen molar-refractivity contribution < 1.29 is 14.1 Å². The zero-order valence-corrected chi connectivity index (χ0v) is 17.1. The van der Waals surface area contributed by atoms with Crippen LogP contribution in [-0.4, -0.2) is 18.2 Å². The van der Waals surface area contributed by atoms with Gasteiger partial charge in [-0.2, -0.15) is 5.26 Å². The first-order valence-corrected chi connectivity index (χ1v) is 9.66. The fraction of sp³-hybridized carbons (Fsp3) is 0.0400. The van der Waals surface area contributed by atoms with E-state index in [1.807, 2.05) is 60.7 Å². The normalized spacial score (nSPS) is 10.8. The summed E-state index contributed by atoms with van der Waals surface area (Å²) in [5.74, 6) is 0.811. The summed E-state index contributed by atoms with van der Waals surface area (Å²) < 4.78 is 11.1. The average Bonchev–Trinajstić information content (AvgIpc) is 3.22. The lowest BCUT2D eigenvalue weighted by atomic mass is 9.98. The van der Waals surface area contributed by atoms with Crippen molar-refractivity contribution in [2.24, 2.45) is 4.99 Å². The van der Waals surface area contributed by atoms with Crippen LogP contribution in [0.5, 0.6) is 5.75 Å². The Morgan fingerprint density at radius 2 is 1.69 bits per heavy atom. The number of nitro benzene ring substituents is 1. The number of benzene rings is 3. The van der Waals surface area contributed by atoms with E-state index in [9.17, 15) is 15.4 Å². The number of ether oxygens (including phenoxy) is 1. The molecule has 7 nitrogen and oxygen atoms in total. The molecule has 0 aliphatic heterocycles. The minimum Gasteiger partial charge on any atom is -0.490 e. The van der Waals surface area contributed by atoms with E-state index in [-0.39, 0.29) is 22.9 Å². The van der Waals surface area contributed by atoms with Gasteiger partial charge in [0.25, 0.3) is 0 Å². The summed E-state index contributed by atoms with van der Waals surface area (Å²) >= 11 is 0. The second kappa shape index (κ2) is 8.98. The molecule has 0 spiro atoms. The quantitative estimate of drug-likeness (QED) is 0.210. The largest absolute Gasteiger partial charge is 0.490 e. The maximum absolute atomic E-state index is 11.3. The fourth-order valence-electron chi connectivity index (χ4n) is 3.35. The molecule has 1 aromatic heterocycles. The number of hydrogen-bond acceptors (Lipinski definition) is 6. The molecule has 4 rings (SSSR count). The maximum atomic E-state index is 11.3. The van der Waals surface area contributed by atoms with Crippen LogP contribution in [0.4, 0.5) is 11.6 Å². The van der Waals surface area contributed by atoms with Gasteiger partial charge in [-0.15, -0.1) is 0 Å². The summed E-state index contributed by atoms with van der Waals surface area (Å²) in [5, 5.41) is 21.2.